The molecule has 2 amide bonds. The van der Waals surface area contributed by atoms with E-state index < -0.39 is 6.10 Å². The van der Waals surface area contributed by atoms with Crippen LogP contribution in [-0.4, -0.2) is 72.0 Å². The molecule has 1 aliphatic heterocycles. The Morgan fingerprint density at radius 2 is 1.75 bits per heavy atom. The number of carbonyl (C=O) groups excluding carboxylic acids is 2. The molecule has 3 aromatic rings. The van der Waals surface area contributed by atoms with Crippen LogP contribution in [0.25, 0.3) is 11.1 Å². The van der Waals surface area contributed by atoms with E-state index in [9.17, 15) is 20.0 Å². The summed E-state index contributed by atoms with van der Waals surface area (Å²) in [5.74, 6) is 0.0202. The first-order valence-electron chi connectivity index (χ1n) is 11.5. The number of nitrogens with zero attached hydrogens (tertiary/aromatic N) is 5. The molecule has 36 heavy (non-hydrogen) atoms. The molecule has 184 valence electrons. The number of aliphatic hydroxyl groups excluding tert-OH is 1. The molecule has 0 saturated carbocycles. The molecule has 1 atom stereocenters. The van der Waals surface area contributed by atoms with Gasteiger partial charge < -0.3 is 19.8 Å². The molecule has 2 heterocycles. The second-order valence-corrected chi connectivity index (χ2v) is 9.13. The number of pyridine rings is 1. The van der Waals surface area contributed by atoms with Gasteiger partial charge in [-0.05, 0) is 29.3 Å². The zero-order chi connectivity index (χ0) is 25.8. The number of hydrogen-bond acceptors (Lipinski definition) is 6. The summed E-state index contributed by atoms with van der Waals surface area (Å²) in [4.78, 5) is 34.6. The number of halogens is 1. The first-order valence-corrected chi connectivity index (χ1v) is 11.9. The predicted octanol–water partition coefficient (Wildman–Crippen LogP) is 3.36. The zero-order valence-electron chi connectivity index (χ0n) is 20.1. The minimum absolute atomic E-state index is 0.188. The van der Waals surface area contributed by atoms with Crippen LogP contribution >= 0.6 is 11.6 Å². The summed E-state index contributed by atoms with van der Waals surface area (Å²) in [6, 6.07) is 18.0. The number of amides is 2. The van der Waals surface area contributed by atoms with Gasteiger partial charge in [-0.1, -0.05) is 48.0 Å². The highest BCUT2D eigenvalue weighted by atomic mass is 35.5. The molecule has 4 rings (SSSR count). The van der Waals surface area contributed by atoms with Crippen molar-refractivity contribution in [2.24, 2.45) is 0 Å². The molecular formula is C27H26ClN5O3. The van der Waals surface area contributed by atoms with Crippen molar-refractivity contribution in [3.63, 3.8) is 0 Å². The van der Waals surface area contributed by atoms with Crippen LogP contribution in [0.5, 0.6) is 0 Å². The molecular weight excluding hydrogens is 478 g/mol. The first kappa shape index (κ1) is 25.2. The second kappa shape index (κ2) is 10.8. The summed E-state index contributed by atoms with van der Waals surface area (Å²) < 4.78 is 0. The van der Waals surface area contributed by atoms with Gasteiger partial charge in [-0.3, -0.25) is 9.59 Å². The Hall–Kier alpha value is -3.93. The van der Waals surface area contributed by atoms with Crippen molar-refractivity contribution in [1.29, 1.82) is 5.26 Å². The second-order valence-electron chi connectivity index (χ2n) is 8.73. The van der Waals surface area contributed by atoms with Crippen molar-refractivity contribution >= 4 is 29.2 Å². The van der Waals surface area contributed by atoms with Gasteiger partial charge in [-0.25, -0.2) is 4.98 Å². The van der Waals surface area contributed by atoms with Crippen LogP contribution in [0, 0.1) is 11.3 Å². The Bertz CT molecular complexity index is 1310. The van der Waals surface area contributed by atoms with E-state index in [0.717, 1.165) is 5.56 Å². The average molecular weight is 504 g/mol. The summed E-state index contributed by atoms with van der Waals surface area (Å²) in [6.45, 7) is 1.80. The van der Waals surface area contributed by atoms with E-state index in [1.165, 1.54) is 4.90 Å². The SMILES string of the molecule is CN(C)C(=O)c1ccc(-c2cnc(N3CCN(C(=O)C(O)c4ccccc4)CC3)c(C#N)c2)cc1Cl. The molecule has 0 spiro atoms. The summed E-state index contributed by atoms with van der Waals surface area (Å²) in [5, 5.41) is 20.6. The van der Waals surface area contributed by atoms with Gasteiger partial charge in [0.2, 0.25) is 0 Å². The largest absolute Gasteiger partial charge is 0.378 e. The summed E-state index contributed by atoms with van der Waals surface area (Å²) >= 11 is 6.35. The number of carbonyl (C=O) groups is 2. The third-order valence-corrected chi connectivity index (χ3v) is 6.48. The van der Waals surface area contributed by atoms with E-state index in [-0.39, 0.29) is 11.8 Å². The number of aliphatic hydroxyl groups is 1. The highest BCUT2D eigenvalue weighted by molar-refractivity contribution is 6.34. The van der Waals surface area contributed by atoms with Crippen molar-refractivity contribution in [2.45, 2.75) is 6.10 Å². The Balaban J connectivity index is 1.47. The number of piperazine rings is 1. The molecule has 1 unspecified atom stereocenters. The van der Waals surface area contributed by atoms with Crippen molar-refractivity contribution in [2.75, 3.05) is 45.2 Å². The molecule has 1 aromatic heterocycles. The third kappa shape index (κ3) is 5.18. The molecule has 2 aromatic carbocycles. The number of anilines is 1. The van der Waals surface area contributed by atoms with Crippen molar-refractivity contribution in [1.82, 2.24) is 14.8 Å². The highest BCUT2D eigenvalue weighted by Gasteiger charge is 2.28. The van der Waals surface area contributed by atoms with Crippen LogP contribution in [0.2, 0.25) is 5.02 Å². The number of nitriles is 1. The molecule has 1 N–H and O–H groups in total. The number of rotatable bonds is 5. The van der Waals surface area contributed by atoms with Crippen molar-refractivity contribution < 1.29 is 14.7 Å². The molecule has 0 aliphatic carbocycles. The monoisotopic (exact) mass is 503 g/mol. The third-order valence-electron chi connectivity index (χ3n) is 6.17. The van der Waals surface area contributed by atoms with E-state index in [2.05, 4.69) is 11.1 Å². The lowest BCUT2D eigenvalue weighted by molar-refractivity contribution is -0.140. The summed E-state index contributed by atoms with van der Waals surface area (Å²) in [6.07, 6.45) is 0.474. The topological polar surface area (TPSA) is 101 Å². The van der Waals surface area contributed by atoms with Gasteiger partial charge in [0.1, 0.15) is 11.9 Å². The first-order chi connectivity index (χ1) is 17.3. The van der Waals surface area contributed by atoms with E-state index in [4.69, 9.17) is 11.6 Å². The molecule has 1 aliphatic rings. The van der Waals surface area contributed by atoms with Crippen molar-refractivity contribution in [3.05, 3.63) is 82.5 Å². The summed E-state index contributed by atoms with van der Waals surface area (Å²) in [7, 11) is 3.32. The Morgan fingerprint density at radius 3 is 2.36 bits per heavy atom. The highest BCUT2D eigenvalue weighted by Crippen LogP contribution is 2.29. The fourth-order valence-corrected chi connectivity index (χ4v) is 4.41. The quantitative estimate of drug-likeness (QED) is 0.573. The van der Waals surface area contributed by atoms with Crippen LogP contribution in [0.15, 0.2) is 60.8 Å². The molecule has 0 radical (unpaired) electrons. The van der Waals surface area contributed by atoms with Gasteiger partial charge in [0, 0.05) is 52.0 Å². The van der Waals surface area contributed by atoms with Gasteiger partial charge in [-0.2, -0.15) is 5.26 Å². The Kier molecular flexibility index (Phi) is 7.53. The Labute approximate surface area is 215 Å². The fraction of sp³-hybridized carbons (Fsp3) is 0.259. The lowest BCUT2D eigenvalue weighted by atomic mass is 10.0. The van der Waals surface area contributed by atoms with Crippen LogP contribution in [0.4, 0.5) is 5.82 Å². The van der Waals surface area contributed by atoms with Gasteiger partial charge >= 0.3 is 0 Å². The van der Waals surface area contributed by atoms with E-state index in [0.29, 0.717) is 59.3 Å². The van der Waals surface area contributed by atoms with Gasteiger partial charge in [0.05, 0.1) is 16.1 Å². The standard InChI is InChI=1S/C27H26ClN5O3/c1-31(2)26(35)22-9-8-19(15-23(22)28)21-14-20(16-29)25(30-17-21)32-10-12-33(13-11-32)27(36)24(34)18-6-4-3-5-7-18/h3-9,14-15,17,24,34H,10-13H2,1-2H3. The van der Waals surface area contributed by atoms with E-state index in [1.54, 1.807) is 73.7 Å². The fourth-order valence-electron chi connectivity index (χ4n) is 4.15. The average Bonchev–Trinajstić information content (AvgIpc) is 2.92. The molecule has 8 nitrogen and oxygen atoms in total. The van der Waals surface area contributed by atoms with Gasteiger partial charge in [-0.15, -0.1) is 0 Å². The molecule has 9 heteroatoms. The number of hydrogen-bond donors (Lipinski definition) is 1. The van der Waals surface area contributed by atoms with E-state index >= 15 is 0 Å². The lowest BCUT2D eigenvalue weighted by Gasteiger charge is -2.36. The van der Waals surface area contributed by atoms with Gasteiger partial charge in [0.25, 0.3) is 11.8 Å². The van der Waals surface area contributed by atoms with E-state index in [1.807, 2.05) is 11.0 Å². The van der Waals surface area contributed by atoms with Crippen LogP contribution in [-0.2, 0) is 4.79 Å². The minimum Gasteiger partial charge on any atom is -0.378 e. The van der Waals surface area contributed by atoms with Crippen LogP contribution in [0.3, 0.4) is 0 Å². The lowest BCUT2D eigenvalue weighted by Crippen LogP contribution is -2.50. The number of benzene rings is 2. The van der Waals surface area contributed by atoms with Gasteiger partial charge in [0.15, 0.2) is 6.10 Å². The maximum absolute atomic E-state index is 12.8. The molecule has 1 saturated heterocycles. The smallest absolute Gasteiger partial charge is 0.256 e. The number of aromatic nitrogens is 1. The van der Waals surface area contributed by atoms with Crippen LogP contribution < -0.4 is 4.90 Å². The minimum atomic E-state index is -1.20. The Morgan fingerprint density at radius 1 is 1.06 bits per heavy atom. The normalized spacial score (nSPS) is 14.2. The predicted molar refractivity (Wildman–Crippen MR) is 138 cm³/mol. The maximum Gasteiger partial charge on any atom is 0.256 e. The maximum atomic E-state index is 12.8. The molecule has 0 bridgehead atoms. The zero-order valence-corrected chi connectivity index (χ0v) is 20.8. The van der Waals surface area contributed by atoms with Crippen molar-refractivity contribution in [3.8, 4) is 17.2 Å². The van der Waals surface area contributed by atoms with Crippen LogP contribution in [0.1, 0.15) is 27.6 Å². The summed E-state index contributed by atoms with van der Waals surface area (Å²) in [5.41, 5.74) is 2.83. The molecule has 1 fully saturated rings.